The predicted octanol–water partition coefficient (Wildman–Crippen LogP) is 2.51. The summed E-state index contributed by atoms with van der Waals surface area (Å²) >= 11 is 0. The van der Waals surface area contributed by atoms with E-state index in [0.29, 0.717) is 0 Å². The van der Waals surface area contributed by atoms with Crippen LogP contribution < -0.4 is 5.35 Å². The first-order valence-electron chi connectivity index (χ1n) is 6.72. The Balaban J connectivity index is 2.11. The van der Waals surface area contributed by atoms with E-state index in [4.69, 9.17) is 4.98 Å². The number of aromatic nitrogens is 2. The molecule has 20 heavy (non-hydrogen) atoms. The molecule has 0 spiro atoms. The maximum atomic E-state index is 4.70. The Morgan fingerprint density at radius 1 is 0.950 bits per heavy atom. The number of hydrogen-bond acceptors (Lipinski definition) is 3. The second-order valence-corrected chi connectivity index (χ2v) is 5.25. The summed E-state index contributed by atoms with van der Waals surface area (Å²) in [5.41, 5.74) is 2.52. The summed E-state index contributed by atoms with van der Waals surface area (Å²) in [6.45, 7) is 0.905. The highest BCUT2D eigenvalue weighted by Gasteiger charge is 2.20. The van der Waals surface area contributed by atoms with Gasteiger partial charge in [0.15, 0.2) is 0 Å². The van der Waals surface area contributed by atoms with Gasteiger partial charge in [-0.15, -0.1) is 0 Å². The SMILES string of the molecule is C1=CC2=c3ncc4cncc5ccc(c3c54)CN2C=C1. The Kier molecular flexibility index (Phi) is 1.75. The summed E-state index contributed by atoms with van der Waals surface area (Å²) in [6.07, 6.45) is 14.2. The normalized spacial score (nSPS) is 16.2. The molecule has 0 aliphatic carbocycles. The molecule has 3 nitrogen and oxygen atoms in total. The van der Waals surface area contributed by atoms with Crippen LogP contribution in [-0.4, -0.2) is 14.9 Å². The Morgan fingerprint density at radius 2 is 1.90 bits per heavy atom. The highest BCUT2D eigenvalue weighted by molar-refractivity contribution is 6.11. The molecule has 94 valence electrons. The maximum absolute atomic E-state index is 4.70. The molecule has 0 saturated carbocycles. The van der Waals surface area contributed by atoms with Gasteiger partial charge in [0.1, 0.15) is 0 Å². The van der Waals surface area contributed by atoms with Gasteiger partial charge >= 0.3 is 0 Å². The van der Waals surface area contributed by atoms with Gasteiger partial charge < -0.3 is 4.90 Å². The van der Waals surface area contributed by atoms with E-state index in [1.807, 2.05) is 18.6 Å². The number of benzene rings is 1. The Labute approximate surface area is 115 Å². The van der Waals surface area contributed by atoms with E-state index in [9.17, 15) is 0 Å². The van der Waals surface area contributed by atoms with Crippen LogP contribution in [0.25, 0.3) is 27.2 Å². The van der Waals surface area contributed by atoms with Crippen LogP contribution in [0.5, 0.6) is 0 Å². The lowest BCUT2D eigenvalue weighted by Gasteiger charge is -2.28. The zero-order valence-electron chi connectivity index (χ0n) is 10.7. The molecule has 2 aliphatic rings. The van der Waals surface area contributed by atoms with Crippen LogP contribution in [-0.2, 0) is 6.54 Å². The lowest BCUT2D eigenvalue weighted by Crippen LogP contribution is -2.30. The van der Waals surface area contributed by atoms with Crippen molar-refractivity contribution in [3.8, 4) is 0 Å². The third-order valence-electron chi connectivity index (χ3n) is 4.13. The van der Waals surface area contributed by atoms with Crippen molar-refractivity contribution in [1.29, 1.82) is 0 Å². The number of nitrogens with zero attached hydrogens (tertiary/aromatic N) is 3. The molecule has 1 aromatic carbocycles. The first-order valence-corrected chi connectivity index (χ1v) is 6.72. The molecule has 0 unspecified atom stereocenters. The fourth-order valence-electron chi connectivity index (χ4n) is 3.25. The molecule has 2 aromatic heterocycles. The Morgan fingerprint density at radius 3 is 2.90 bits per heavy atom. The van der Waals surface area contributed by atoms with Crippen LogP contribution in [0.3, 0.4) is 0 Å². The zero-order chi connectivity index (χ0) is 13.1. The minimum Gasteiger partial charge on any atom is -0.342 e. The van der Waals surface area contributed by atoms with Gasteiger partial charge in [0.2, 0.25) is 0 Å². The largest absolute Gasteiger partial charge is 0.342 e. The van der Waals surface area contributed by atoms with Gasteiger partial charge in [0.25, 0.3) is 0 Å². The van der Waals surface area contributed by atoms with E-state index in [0.717, 1.165) is 17.3 Å². The van der Waals surface area contributed by atoms with E-state index in [1.54, 1.807) is 0 Å². The van der Waals surface area contributed by atoms with Crippen molar-refractivity contribution in [2.45, 2.75) is 6.54 Å². The standard InChI is InChI=1S/C17H11N3/c1-2-6-20-10-12-5-4-11-7-18-8-13-9-19-17(14(20)3-1)16(12)15(11)13/h1-9H,10H2. The molecule has 0 saturated heterocycles. The van der Waals surface area contributed by atoms with Gasteiger partial charge in [0, 0.05) is 52.9 Å². The van der Waals surface area contributed by atoms with Gasteiger partial charge in [-0.25, -0.2) is 0 Å². The van der Waals surface area contributed by atoms with Crippen LogP contribution >= 0.6 is 0 Å². The molecule has 5 rings (SSSR count). The first kappa shape index (κ1) is 10.1. The van der Waals surface area contributed by atoms with Gasteiger partial charge in [-0.05, 0) is 17.7 Å². The molecule has 0 fully saturated rings. The van der Waals surface area contributed by atoms with Gasteiger partial charge in [0.05, 0.1) is 11.0 Å². The molecule has 2 aliphatic heterocycles. The smallest absolute Gasteiger partial charge is 0.0948 e. The summed E-state index contributed by atoms with van der Waals surface area (Å²) in [6, 6.07) is 4.36. The van der Waals surface area contributed by atoms with Crippen molar-refractivity contribution >= 4 is 27.2 Å². The van der Waals surface area contributed by atoms with Gasteiger partial charge in [-0.3, -0.25) is 9.97 Å². The summed E-state index contributed by atoms with van der Waals surface area (Å²) in [7, 11) is 0. The molecular weight excluding hydrogens is 246 g/mol. The van der Waals surface area contributed by atoms with E-state index in [-0.39, 0.29) is 0 Å². The third-order valence-corrected chi connectivity index (χ3v) is 4.13. The van der Waals surface area contributed by atoms with Crippen LogP contribution in [0.15, 0.2) is 55.2 Å². The van der Waals surface area contributed by atoms with E-state index < -0.39 is 0 Å². The number of fused-ring (bicyclic) bond motifs is 1. The Bertz CT molecular complexity index is 967. The minimum atomic E-state index is 0.905. The molecule has 0 atom stereocenters. The summed E-state index contributed by atoms with van der Waals surface area (Å²) in [5, 5.41) is 5.96. The van der Waals surface area contributed by atoms with Crippen molar-refractivity contribution in [1.82, 2.24) is 14.9 Å². The average molecular weight is 257 g/mol. The lowest BCUT2D eigenvalue weighted by molar-refractivity contribution is 0.518. The number of pyridine rings is 2. The molecule has 0 radical (unpaired) electrons. The van der Waals surface area contributed by atoms with Crippen molar-refractivity contribution in [2.24, 2.45) is 0 Å². The first-order chi connectivity index (χ1) is 9.92. The zero-order valence-corrected chi connectivity index (χ0v) is 10.7. The highest BCUT2D eigenvalue weighted by Crippen LogP contribution is 2.30. The monoisotopic (exact) mass is 257 g/mol. The van der Waals surface area contributed by atoms with Crippen LogP contribution in [0, 0.1) is 0 Å². The Hall–Kier alpha value is -2.68. The highest BCUT2D eigenvalue weighted by atomic mass is 15.1. The lowest BCUT2D eigenvalue weighted by atomic mass is 9.96. The average Bonchev–Trinajstić information content (AvgIpc) is 2.52. The maximum Gasteiger partial charge on any atom is 0.0948 e. The molecule has 0 bridgehead atoms. The number of hydrogen-bond donors (Lipinski definition) is 0. The van der Waals surface area contributed by atoms with Gasteiger partial charge in [-0.2, -0.15) is 0 Å². The van der Waals surface area contributed by atoms with Crippen LogP contribution in [0.1, 0.15) is 5.56 Å². The van der Waals surface area contributed by atoms with Crippen molar-refractivity contribution in [2.75, 3.05) is 0 Å². The fraction of sp³-hybridized carbons (Fsp3) is 0.0588. The molecule has 0 amide bonds. The second kappa shape index (κ2) is 3.45. The number of rotatable bonds is 0. The van der Waals surface area contributed by atoms with E-state index >= 15 is 0 Å². The minimum absolute atomic E-state index is 0.905. The molecule has 0 N–H and O–H groups in total. The van der Waals surface area contributed by atoms with E-state index in [1.165, 1.54) is 27.4 Å². The molecule has 4 heterocycles. The van der Waals surface area contributed by atoms with Crippen molar-refractivity contribution in [3.05, 3.63) is 66.1 Å². The topological polar surface area (TPSA) is 29.0 Å². The number of allylic oxidation sites excluding steroid dienone is 2. The summed E-state index contributed by atoms with van der Waals surface area (Å²) in [4.78, 5) is 11.3. The summed E-state index contributed by atoms with van der Waals surface area (Å²) in [5.74, 6) is 0. The predicted molar refractivity (Wildman–Crippen MR) is 79.5 cm³/mol. The molecule has 3 heteroatoms. The van der Waals surface area contributed by atoms with Crippen LogP contribution in [0.4, 0.5) is 0 Å². The van der Waals surface area contributed by atoms with Crippen molar-refractivity contribution < 1.29 is 0 Å². The molecule has 3 aromatic rings. The summed E-state index contributed by atoms with van der Waals surface area (Å²) < 4.78 is 0. The van der Waals surface area contributed by atoms with E-state index in [2.05, 4.69) is 46.4 Å². The quantitative estimate of drug-likeness (QED) is 0.619. The third kappa shape index (κ3) is 1.15. The fourth-order valence-corrected chi connectivity index (χ4v) is 3.25. The second-order valence-electron chi connectivity index (χ2n) is 5.25. The van der Waals surface area contributed by atoms with Gasteiger partial charge in [-0.1, -0.05) is 18.2 Å². The molecular formula is C17H11N3. The van der Waals surface area contributed by atoms with Crippen LogP contribution in [0.2, 0.25) is 0 Å². The van der Waals surface area contributed by atoms with Crippen molar-refractivity contribution in [3.63, 3.8) is 0 Å².